The maximum absolute atomic E-state index is 12.4. The van der Waals surface area contributed by atoms with Gasteiger partial charge in [-0.15, -0.1) is 0 Å². The summed E-state index contributed by atoms with van der Waals surface area (Å²) >= 11 is 0. The van der Waals surface area contributed by atoms with Crippen molar-refractivity contribution in [2.75, 3.05) is 0 Å². The van der Waals surface area contributed by atoms with Crippen LogP contribution >= 0.6 is 0 Å². The van der Waals surface area contributed by atoms with Crippen molar-refractivity contribution in [1.29, 1.82) is 0 Å². The van der Waals surface area contributed by atoms with Crippen LogP contribution in [0.4, 0.5) is 0 Å². The van der Waals surface area contributed by atoms with Crippen molar-refractivity contribution >= 4 is 22.8 Å². The second-order valence-electron chi connectivity index (χ2n) is 8.85. The number of aliphatic carboxylic acids is 1. The Bertz CT molecular complexity index is 1260. The van der Waals surface area contributed by atoms with Crippen LogP contribution in [0.25, 0.3) is 10.9 Å². The largest absolute Gasteiger partial charge is 0.504 e. The highest BCUT2D eigenvalue weighted by Crippen LogP contribution is 2.40. The molecule has 1 amide bonds. The predicted molar refractivity (Wildman–Crippen MR) is 127 cm³/mol. The summed E-state index contributed by atoms with van der Waals surface area (Å²) in [6.07, 6.45) is -6.01. The van der Waals surface area contributed by atoms with Crippen molar-refractivity contribution in [3.05, 3.63) is 59.8 Å². The Balaban J connectivity index is 1.66. The first-order chi connectivity index (χ1) is 17.1. The van der Waals surface area contributed by atoms with Gasteiger partial charge in [-0.1, -0.05) is 30.3 Å². The van der Waals surface area contributed by atoms with E-state index in [0.717, 1.165) is 18.4 Å². The Morgan fingerprint density at radius 2 is 1.81 bits per heavy atom. The molecule has 0 aliphatic carbocycles. The van der Waals surface area contributed by atoms with E-state index in [-0.39, 0.29) is 17.4 Å². The van der Waals surface area contributed by atoms with Gasteiger partial charge < -0.3 is 45.3 Å². The second kappa shape index (κ2) is 10.2. The summed E-state index contributed by atoms with van der Waals surface area (Å²) in [4.78, 5) is 23.8. The zero-order valence-corrected chi connectivity index (χ0v) is 19.4. The van der Waals surface area contributed by atoms with Crippen molar-refractivity contribution in [2.45, 2.75) is 56.5 Å². The number of aliphatic hydroxyl groups is 3. The summed E-state index contributed by atoms with van der Waals surface area (Å²) in [5.74, 6) is -3.46. The van der Waals surface area contributed by atoms with Crippen LogP contribution in [-0.2, 0) is 16.0 Å². The van der Waals surface area contributed by atoms with Crippen LogP contribution in [0.3, 0.4) is 0 Å². The number of phenols is 1. The molecule has 11 heteroatoms. The van der Waals surface area contributed by atoms with E-state index in [2.05, 4.69) is 0 Å². The summed E-state index contributed by atoms with van der Waals surface area (Å²) in [5, 5.41) is 50.8. The average molecular weight is 501 g/mol. The third-order valence-corrected chi connectivity index (χ3v) is 6.41. The van der Waals surface area contributed by atoms with Gasteiger partial charge in [0.25, 0.3) is 5.91 Å². The molecule has 1 fully saturated rings. The Morgan fingerprint density at radius 1 is 1.11 bits per heavy atom. The van der Waals surface area contributed by atoms with Gasteiger partial charge in [0.15, 0.2) is 17.6 Å². The average Bonchev–Trinajstić information content (AvgIpc) is 3.26. The molecule has 11 nitrogen and oxygen atoms in total. The van der Waals surface area contributed by atoms with E-state index < -0.39 is 48.3 Å². The molecule has 1 saturated heterocycles. The highest BCUT2D eigenvalue weighted by Gasteiger charge is 2.48. The number of amides is 1. The van der Waals surface area contributed by atoms with Crippen molar-refractivity contribution in [3.8, 4) is 11.5 Å². The highest BCUT2D eigenvalue weighted by molar-refractivity contribution is 6.09. The fourth-order valence-electron chi connectivity index (χ4n) is 4.42. The third-order valence-electron chi connectivity index (χ3n) is 6.41. The van der Waals surface area contributed by atoms with Gasteiger partial charge in [-0.3, -0.25) is 4.79 Å². The number of nitrogens with two attached hydrogens (primary N) is 1. The number of hydrogen-bond acceptors (Lipinski definition) is 8. The van der Waals surface area contributed by atoms with Crippen LogP contribution < -0.4 is 10.5 Å². The van der Waals surface area contributed by atoms with E-state index in [1.165, 1.54) is 6.07 Å². The molecule has 1 aliphatic rings. The smallest absolute Gasteiger partial charge is 0.335 e. The van der Waals surface area contributed by atoms with E-state index in [0.29, 0.717) is 10.9 Å². The van der Waals surface area contributed by atoms with Crippen molar-refractivity contribution in [3.63, 3.8) is 0 Å². The number of nitrogens with zero attached hydrogens (tertiary/aromatic N) is 1. The number of aromatic nitrogens is 1. The number of hydrogen-bond donors (Lipinski definition) is 6. The fraction of sp³-hybridized carbons (Fsp3) is 0.360. The molecule has 0 bridgehead atoms. The van der Waals surface area contributed by atoms with Gasteiger partial charge >= 0.3 is 5.97 Å². The van der Waals surface area contributed by atoms with Gasteiger partial charge in [0, 0.05) is 17.6 Å². The summed E-state index contributed by atoms with van der Waals surface area (Å²) < 4.78 is 12.4. The molecular weight excluding hydrogens is 472 g/mol. The predicted octanol–water partition coefficient (Wildman–Crippen LogP) is 0.911. The van der Waals surface area contributed by atoms with Crippen LogP contribution in [-0.4, -0.2) is 72.7 Å². The summed E-state index contributed by atoms with van der Waals surface area (Å²) in [5.41, 5.74) is 6.93. The molecule has 2 aromatic carbocycles. The topological polar surface area (TPSA) is 185 Å². The van der Waals surface area contributed by atoms with Crippen molar-refractivity contribution < 1.29 is 44.6 Å². The van der Waals surface area contributed by atoms with Crippen LogP contribution in [0.1, 0.15) is 35.3 Å². The van der Waals surface area contributed by atoms with E-state index >= 15 is 0 Å². The zero-order chi connectivity index (χ0) is 26.1. The minimum atomic E-state index is -1.90. The molecule has 2 heterocycles. The van der Waals surface area contributed by atoms with Gasteiger partial charge in [0.05, 0.1) is 5.52 Å². The number of carboxylic acids is 1. The lowest BCUT2D eigenvalue weighted by Gasteiger charge is -2.38. The van der Waals surface area contributed by atoms with Crippen LogP contribution in [0.15, 0.2) is 48.7 Å². The van der Waals surface area contributed by atoms with Crippen LogP contribution in [0.5, 0.6) is 11.5 Å². The van der Waals surface area contributed by atoms with Gasteiger partial charge in [-0.05, 0) is 37.5 Å². The number of carbonyl (C=O) groups is 2. The summed E-state index contributed by atoms with van der Waals surface area (Å²) in [6.45, 7) is 1.97. The van der Waals surface area contributed by atoms with Crippen LogP contribution in [0, 0.1) is 0 Å². The monoisotopic (exact) mass is 500 g/mol. The molecule has 36 heavy (non-hydrogen) atoms. The normalized spacial score (nSPS) is 24.9. The minimum absolute atomic E-state index is 0.0663. The number of ether oxygens (including phenoxy) is 2. The quantitative estimate of drug-likeness (QED) is 0.262. The zero-order valence-electron chi connectivity index (χ0n) is 19.4. The number of benzene rings is 2. The first-order valence-electron chi connectivity index (χ1n) is 11.4. The minimum Gasteiger partial charge on any atom is -0.504 e. The van der Waals surface area contributed by atoms with Gasteiger partial charge in [-0.25, -0.2) is 4.79 Å². The lowest BCUT2D eigenvalue weighted by Crippen LogP contribution is -2.61. The van der Waals surface area contributed by atoms with Gasteiger partial charge in [-0.2, -0.15) is 0 Å². The Kier molecular flexibility index (Phi) is 7.18. The molecule has 0 spiro atoms. The van der Waals surface area contributed by atoms with Gasteiger partial charge in [0.2, 0.25) is 6.29 Å². The second-order valence-corrected chi connectivity index (χ2v) is 8.85. The molecule has 192 valence electrons. The SMILES string of the molecule is CC(CCc1ccccc1)n1ccc2cc(OC3O[C@H](C(=O)O)[C@@H](O)[C@H](O)[C@H]3O)c(O)c(C(N)=O)c21. The standard InChI is InChI=1S/C25H28N2O9/c1-12(7-8-13-5-3-2-4-6-13)27-10-9-14-11-15(18(28)16(17(14)27)23(26)32)35-25-21(31)19(29)20(30)22(36-25)24(33)34/h2-6,9-12,19-22,25,28-31H,7-8H2,1H3,(H2,26,32)(H,33,34)/t12?,19-,20-,21+,22-,25?/m0/s1. The molecule has 4 rings (SSSR count). The maximum atomic E-state index is 12.4. The van der Waals surface area contributed by atoms with Crippen molar-refractivity contribution in [1.82, 2.24) is 4.57 Å². The molecule has 7 N–H and O–H groups in total. The molecule has 3 aromatic rings. The Morgan fingerprint density at radius 3 is 2.44 bits per heavy atom. The first kappa shape index (κ1) is 25.5. The maximum Gasteiger partial charge on any atom is 0.335 e. The lowest BCUT2D eigenvalue weighted by molar-refractivity contribution is -0.271. The molecule has 1 aromatic heterocycles. The van der Waals surface area contributed by atoms with E-state index in [1.54, 1.807) is 12.3 Å². The molecule has 0 radical (unpaired) electrons. The number of carboxylic acid groups (broad SMARTS) is 1. The Hall–Kier alpha value is -3.64. The number of aliphatic hydroxyl groups excluding tert-OH is 3. The third kappa shape index (κ3) is 4.73. The fourth-order valence-corrected chi connectivity index (χ4v) is 4.42. The number of primary amides is 1. The number of fused-ring (bicyclic) bond motifs is 1. The van der Waals surface area contributed by atoms with E-state index in [4.69, 9.17) is 15.2 Å². The molecule has 2 unspecified atom stereocenters. The molecule has 0 saturated carbocycles. The first-order valence-corrected chi connectivity index (χ1v) is 11.4. The van der Waals surface area contributed by atoms with E-state index in [9.17, 15) is 35.1 Å². The van der Waals surface area contributed by atoms with Gasteiger partial charge in [0.1, 0.15) is 23.9 Å². The Labute approximate surface area is 205 Å². The number of carbonyl (C=O) groups excluding carboxylic acids is 1. The molecular formula is C25H28N2O9. The van der Waals surface area contributed by atoms with Crippen molar-refractivity contribution in [2.24, 2.45) is 5.73 Å². The molecule has 1 aliphatic heterocycles. The summed E-state index contributed by atoms with van der Waals surface area (Å²) in [6, 6.07) is 12.9. The number of aryl methyl sites for hydroxylation is 1. The highest BCUT2D eigenvalue weighted by atomic mass is 16.7. The lowest BCUT2D eigenvalue weighted by atomic mass is 9.99. The number of aromatic hydroxyl groups is 1. The number of rotatable bonds is 8. The molecule has 6 atom stereocenters. The van der Waals surface area contributed by atoms with E-state index in [1.807, 2.05) is 41.8 Å². The summed E-state index contributed by atoms with van der Waals surface area (Å²) in [7, 11) is 0. The van der Waals surface area contributed by atoms with Crippen LogP contribution in [0.2, 0.25) is 0 Å².